The molecule has 0 fully saturated rings. The van der Waals surface area contributed by atoms with Gasteiger partial charge in [0.25, 0.3) is 0 Å². The molecule has 10 heavy (non-hydrogen) atoms. The number of aromatic nitrogens is 1. The van der Waals surface area contributed by atoms with Gasteiger partial charge in [0.1, 0.15) is 0 Å². The second-order valence-electron chi connectivity index (χ2n) is 2.26. The van der Waals surface area contributed by atoms with Crippen LogP contribution in [0.5, 0.6) is 0 Å². The standard InChI is InChI=1S/C7H12N2O/c8-3-7(5-10)6-1-2-9-4-6/h1-2,4,7,9-10H,3,5,8H2. The third-order valence-electron chi connectivity index (χ3n) is 1.60. The SMILES string of the molecule is NCC(CO)c1cc[nH]c1. The molecule has 3 nitrogen and oxygen atoms in total. The van der Waals surface area contributed by atoms with Gasteiger partial charge in [-0.15, -0.1) is 0 Å². The molecule has 1 aromatic heterocycles. The lowest BCUT2D eigenvalue weighted by molar-refractivity contribution is 0.268. The molecule has 4 N–H and O–H groups in total. The highest BCUT2D eigenvalue weighted by molar-refractivity contribution is 5.14. The Hall–Kier alpha value is -0.800. The van der Waals surface area contributed by atoms with Gasteiger partial charge in [0.05, 0.1) is 6.61 Å². The minimum Gasteiger partial charge on any atom is -0.396 e. The Balaban J connectivity index is 2.64. The summed E-state index contributed by atoms with van der Waals surface area (Å²) >= 11 is 0. The van der Waals surface area contributed by atoms with E-state index in [1.807, 2.05) is 18.5 Å². The molecule has 1 atom stereocenters. The lowest BCUT2D eigenvalue weighted by Crippen LogP contribution is -2.15. The zero-order valence-electron chi connectivity index (χ0n) is 5.75. The molecule has 0 aromatic carbocycles. The number of H-pyrrole nitrogens is 1. The van der Waals surface area contributed by atoms with Crippen molar-refractivity contribution < 1.29 is 5.11 Å². The molecule has 3 heteroatoms. The Morgan fingerprint density at radius 1 is 1.70 bits per heavy atom. The normalized spacial score (nSPS) is 13.4. The van der Waals surface area contributed by atoms with E-state index in [1.165, 1.54) is 0 Å². The van der Waals surface area contributed by atoms with Gasteiger partial charge in [-0.05, 0) is 11.6 Å². The fraction of sp³-hybridized carbons (Fsp3) is 0.429. The number of hydrogen-bond donors (Lipinski definition) is 3. The van der Waals surface area contributed by atoms with Gasteiger partial charge in [0, 0.05) is 24.9 Å². The maximum atomic E-state index is 8.80. The molecular formula is C7H12N2O. The van der Waals surface area contributed by atoms with Crippen LogP contribution in [-0.4, -0.2) is 23.2 Å². The summed E-state index contributed by atoms with van der Waals surface area (Å²) in [6, 6.07) is 1.92. The van der Waals surface area contributed by atoms with Gasteiger partial charge >= 0.3 is 0 Å². The van der Waals surface area contributed by atoms with Crippen molar-refractivity contribution in [3.63, 3.8) is 0 Å². The zero-order valence-corrected chi connectivity index (χ0v) is 5.75. The molecule has 1 aromatic rings. The topological polar surface area (TPSA) is 62.0 Å². The van der Waals surface area contributed by atoms with Crippen LogP contribution >= 0.6 is 0 Å². The average molecular weight is 140 g/mol. The zero-order chi connectivity index (χ0) is 7.40. The summed E-state index contributed by atoms with van der Waals surface area (Å²) in [5.41, 5.74) is 6.47. The molecule has 0 saturated heterocycles. The van der Waals surface area contributed by atoms with E-state index in [-0.39, 0.29) is 12.5 Å². The molecule has 1 heterocycles. The molecule has 0 aliphatic carbocycles. The van der Waals surface area contributed by atoms with E-state index in [9.17, 15) is 0 Å². The second kappa shape index (κ2) is 3.39. The fourth-order valence-corrected chi connectivity index (χ4v) is 0.907. The molecule has 0 amide bonds. The molecule has 0 bridgehead atoms. The van der Waals surface area contributed by atoms with Crippen LogP contribution in [0.2, 0.25) is 0 Å². The average Bonchev–Trinajstić information content (AvgIpc) is 2.43. The van der Waals surface area contributed by atoms with Gasteiger partial charge in [0.2, 0.25) is 0 Å². The van der Waals surface area contributed by atoms with Gasteiger partial charge in [-0.1, -0.05) is 0 Å². The lowest BCUT2D eigenvalue weighted by Gasteiger charge is -2.07. The van der Waals surface area contributed by atoms with Crippen LogP contribution in [0.3, 0.4) is 0 Å². The Bertz CT molecular complexity index is 168. The summed E-state index contributed by atoms with van der Waals surface area (Å²) in [5, 5.41) is 8.80. The minimum atomic E-state index is 0.0891. The molecule has 1 rings (SSSR count). The van der Waals surface area contributed by atoms with Crippen LogP contribution in [-0.2, 0) is 0 Å². The Kier molecular flexibility index (Phi) is 2.48. The molecule has 0 saturated carbocycles. The third kappa shape index (κ3) is 1.37. The Labute approximate surface area is 59.9 Å². The summed E-state index contributed by atoms with van der Waals surface area (Å²) in [5.74, 6) is 0.0891. The lowest BCUT2D eigenvalue weighted by atomic mass is 10.0. The smallest absolute Gasteiger partial charge is 0.0512 e. The monoisotopic (exact) mass is 140 g/mol. The summed E-state index contributed by atoms with van der Waals surface area (Å²) in [6.07, 6.45) is 3.68. The maximum Gasteiger partial charge on any atom is 0.0512 e. The van der Waals surface area contributed by atoms with E-state index in [4.69, 9.17) is 10.8 Å². The highest BCUT2D eigenvalue weighted by Gasteiger charge is 2.06. The van der Waals surface area contributed by atoms with Crippen LogP contribution in [0, 0.1) is 0 Å². The van der Waals surface area contributed by atoms with Crippen molar-refractivity contribution >= 4 is 0 Å². The predicted molar refractivity (Wildman–Crippen MR) is 39.7 cm³/mol. The third-order valence-corrected chi connectivity index (χ3v) is 1.60. The van der Waals surface area contributed by atoms with E-state index in [1.54, 1.807) is 0 Å². The van der Waals surface area contributed by atoms with E-state index in [2.05, 4.69) is 4.98 Å². The molecular weight excluding hydrogens is 128 g/mol. The van der Waals surface area contributed by atoms with Crippen molar-refractivity contribution in [1.29, 1.82) is 0 Å². The Morgan fingerprint density at radius 2 is 2.50 bits per heavy atom. The molecule has 0 radical (unpaired) electrons. The maximum absolute atomic E-state index is 8.80. The van der Waals surface area contributed by atoms with Crippen molar-refractivity contribution in [1.82, 2.24) is 4.98 Å². The number of hydrogen-bond acceptors (Lipinski definition) is 2. The van der Waals surface area contributed by atoms with Crippen LogP contribution in [0.1, 0.15) is 11.5 Å². The van der Waals surface area contributed by atoms with Crippen LogP contribution in [0.15, 0.2) is 18.5 Å². The molecule has 56 valence electrons. The van der Waals surface area contributed by atoms with Crippen LogP contribution in [0.25, 0.3) is 0 Å². The van der Waals surface area contributed by atoms with Gasteiger partial charge in [-0.2, -0.15) is 0 Å². The summed E-state index contributed by atoms with van der Waals surface area (Å²) < 4.78 is 0. The highest BCUT2D eigenvalue weighted by Crippen LogP contribution is 2.11. The number of aromatic amines is 1. The van der Waals surface area contributed by atoms with E-state index < -0.39 is 0 Å². The predicted octanol–water partition coefficient (Wildman–Crippen LogP) is 0.0493. The van der Waals surface area contributed by atoms with Crippen molar-refractivity contribution in [3.8, 4) is 0 Å². The highest BCUT2D eigenvalue weighted by atomic mass is 16.3. The first kappa shape index (κ1) is 7.31. The van der Waals surface area contributed by atoms with Crippen LogP contribution < -0.4 is 5.73 Å². The minimum absolute atomic E-state index is 0.0891. The largest absolute Gasteiger partial charge is 0.396 e. The number of aliphatic hydroxyl groups is 1. The molecule has 0 spiro atoms. The number of nitrogens with one attached hydrogen (secondary N) is 1. The van der Waals surface area contributed by atoms with Crippen molar-refractivity contribution in [3.05, 3.63) is 24.0 Å². The number of nitrogens with two attached hydrogens (primary N) is 1. The van der Waals surface area contributed by atoms with Gasteiger partial charge in [0.15, 0.2) is 0 Å². The molecule has 1 unspecified atom stereocenters. The fourth-order valence-electron chi connectivity index (χ4n) is 0.907. The Morgan fingerprint density at radius 3 is 2.90 bits per heavy atom. The van der Waals surface area contributed by atoms with E-state index in [0.717, 1.165) is 5.56 Å². The summed E-state index contributed by atoms with van der Waals surface area (Å²) in [7, 11) is 0. The van der Waals surface area contributed by atoms with Gasteiger partial charge in [-0.25, -0.2) is 0 Å². The first-order valence-corrected chi connectivity index (χ1v) is 3.32. The quantitative estimate of drug-likeness (QED) is 0.555. The first-order chi connectivity index (χ1) is 4.88. The van der Waals surface area contributed by atoms with Crippen molar-refractivity contribution in [2.24, 2.45) is 5.73 Å². The van der Waals surface area contributed by atoms with E-state index in [0.29, 0.717) is 6.54 Å². The van der Waals surface area contributed by atoms with E-state index >= 15 is 0 Å². The number of aliphatic hydroxyl groups excluding tert-OH is 1. The first-order valence-electron chi connectivity index (χ1n) is 3.32. The van der Waals surface area contributed by atoms with Crippen LogP contribution in [0.4, 0.5) is 0 Å². The number of rotatable bonds is 3. The van der Waals surface area contributed by atoms with Crippen molar-refractivity contribution in [2.75, 3.05) is 13.2 Å². The van der Waals surface area contributed by atoms with Crippen molar-refractivity contribution in [2.45, 2.75) is 5.92 Å². The molecule has 0 aliphatic heterocycles. The molecule has 0 aliphatic rings. The summed E-state index contributed by atoms with van der Waals surface area (Å²) in [4.78, 5) is 2.91. The second-order valence-corrected chi connectivity index (χ2v) is 2.26. The summed E-state index contributed by atoms with van der Waals surface area (Å²) in [6.45, 7) is 0.614. The van der Waals surface area contributed by atoms with Gasteiger partial charge in [-0.3, -0.25) is 0 Å². The van der Waals surface area contributed by atoms with Gasteiger partial charge < -0.3 is 15.8 Å².